The lowest BCUT2D eigenvalue weighted by Crippen LogP contribution is -2.64. The SMILES string of the molecule is CC(C)CN(C(O)C1C=NC(C(C)(C)C)NC1N)[C@H]1C[C@@H](C(O)N2CCC(C3CCCCN3)CC2)CN(C(=O)OC(C)(C)C)C1. The van der Waals surface area contributed by atoms with E-state index >= 15 is 0 Å². The zero-order valence-corrected chi connectivity index (χ0v) is 29.4. The number of likely N-dealkylation sites (tertiary alicyclic amines) is 2. The Morgan fingerprint density at radius 3 is 2.33 bits per heavy atom. The van der Waals surface area contributed by atoms with Crippen LogP contribution >= 0.6 is 0 Å². The number of nitrogens with zero attached hydrogens (tertiary/aromatic N) is 4. The molecule has 0 aromatic carbocycles. The number of hydrogen-bond acceptors (Lipinski definition) is 10. The number of hydrogen-bond donors (Lipinski definition) is 5. The summed E-state index contributed by atoms with van der Waals surface area (Å²) >= 11 is 0. The van der Waals surface area contributed by atoms with Gasteiger partial charge >= 0.3 is 6.09 Å². The number of aliphatic hydroxyl groups excluding tert-OH is 2. The van der Waals surface area contributed by atoms with Crippen LogP contribution in [0, 0.1) is 29.1 Å². The van der Waals surface area contributed by atoms with Crippen molar-refractivity contribution in [2.45, 2.75) is 136 Å². The van der Waals surface area contributed by atoms with Gasteiger partial charge in [-0.05, 0) is 76.7 Å². The van der Waals surface area contributed by atoms with E-state index in [2.05, 4.69) is 55.1 Å². The molecule has 0 saturated carbocycles. The topological polar surface area (TPSA) is 139 Å². The second-order valence-corrected chi connectivity index (χ2v) is 16.7. The Morgan fingerprint density at radius 2 is 1.78 bits per heavy atom. The third kappa shape index (κ3) is 9.84. The van der Waals surface area contributed by atoms with Gasteiger partial charge in [-0.1, -0.05) is 41.0 Å². The molecule has 4 aliphatic rings. The monoisotopic (exact) mass is 636 g/mol. The number of carbonyl (C=O) groups excluding carboxylic acids is 1. The van der Waals surface area contributed by atoms with Crippen LogP contribution in [0.5, 0.6) is 0 Å². The van der Waals surface area contributed by atoms with Crippen LogP contribution in [0.3, 0.4) is 0 Å². The van der Waals surface area contributed by atoms with Crippen LogP contribution in [0.4, 0.5) is 4.79 Å². The summed E-state index contributed by atoms with van der Waals surface area (Å²) in [5, 5.41) is 30.9. The predicted octanol–water partition coefficient (Wildman–Crippen LogP) is 3.01. The molecule has 6 unspecified atom stereocenters. The average molecular weight is 636 g/mol. The van der Waals surface area contributed by atoms with Gasteiger partial charge in [-0.15, -0.1) is 0 Å². The number of aliphatic imine (C=N–C) groups is 1. The van der Waals surface area contributed by atoms with Gasteiger partial charge in [0.25, 0.3) is 0 Å². The first-order chi connectivity index (χ1) is 21.0. The van der Waals surface area contributed by atoms with E-state index in [9.17, 15) is 15.0 Å². The van der Waals surface area contributed by atoms with Gasteiger partial charge in [-0.2, -0.15) is 0 Å². The van der Waals surface area contributed by atoms with Crippen molar-refractivity contribution in [3.8, 4) is 0 Å². The molecule has 6 N–H and O–H groups in total. The molecule has 0 aromatic rings. The van der Waals surface area contributed by atoms with Gasteiger partial charge in [-0.25, -0.2) is 4.79 Å². The molecule has 4 aliphatic heterocycles. The highest BCUT2D eigenvalue weighted by atomic mass is 16.6. The molecule has 0 bridgehead atoms. The van der Waals surface area contributed by atoms with Crippen molar-refractivity contribution in [1.82, 2.24) is 25.3 Å². The minimum absolute atomic E-state index is 0.107. The molecule has 11 nitrogen and oxygen atoms in total. The van der Waals surface area contributed by atoms with Gasteiger partial charge in [0.2, 0.25) is 0 Å². The molecule has 4 heterocycles. The van der Waals surface area contributed by atoms with E-state index < -0.39 is 30.1 Å². The van der Waals surface area contributed by atoms with Crippen LogP contribution in [0.1, 0.15) is 93.9 Å². The van der Waals surface area contributed by atoms with Crippen molar-refractivity contribution in [3.05, 3.63) is 0 Å². The number of nitrogens with one attached hydrogen (secondary N) is 2. The van der Waals surface area contributed by atoms with E-state index in [1.807, 2.05) is 27.0 Å². The standard InChI is InChI=1S/C34H65N7O4/c1-22(2)19-41(30(43)26-18-37-31(33(3,4)5)38-28(26)35)25-17-24(20-40(21-25)32(44)45-34(6,7)8)29(42)39-15-12-23(13-16-39)27-11-9-10-14-36-27/h18,22-31,36,38,42-43H,9-17,19-21,35H2,1-8H3/t24-,25+,26?,27?,28?,29?,30?,31?/m1/s1. The average Bonchev–Trinajstić information content (AvgIpc) is 2.98. The van der Waals surface area contributed by atoms with Crippen molar-refractivity contribution in [3.63, 3.8) is 0 Å². The second-order valence-electron chi connectivity index (χ2n) is 16.7. The zero-order valence-electron chi connectivity index (χ0n) is 29.4. The number of rotatable bonds is 8. The summed E-state index contributed by atoms with van der Waals surface area (Å²) in [6, 6.07) is 0.405. The molecule has 3 fully saturated rings. The summed E-state index contributed by atoms with van der Waals surface area (Å²) in [6.45, 7) is 20.5. The molecule has 0 aromatic heterocycles. The molecule has 0 radical (unpaired) electrons. The Hall–Kier alpha value is -1.34. The summed E-state index contributed by atoms with van der Waals surface area (Å²) in [5.41, 5.74) is 5.88. The number of nitrogens with two attached hydrogens (primary N) is 1. The van der Waals surface area contributed by atoms with Gasteiger partial charge in [0, 0.05) is 56.9 Å². The molecule has 0 aliphatic carbocycles. The molecule has 8 atom stereocenters. The maximum absolute atomic E-state index is 13.5. The molecule has 3 saturated heterocycles. The van der Waals surface area contributed by atoms with Crippen molar-refractivity contribution in [1.29, 1.82) is 0 Å². The molecule has 4 rings (SSSR count). The maximum Gasteiger partial charge on any atom is 0.410 e. The van der Waals surface area contributed by atoms with E-state index in [4.69, 9.17) is 15.5 Å². The molecular formula is C34H65N7O4. The van der Waals surface area contributed by atoms with Gasteiger partial charge in [-0.3, -0.25) is 20.1 Å². The molecular weight excluding hydrogens is 570 g/mol. The Bertz CT molecular complexity index is 969. The molecule has 11 heteroatoms. The minimum atomic E-state index is -0.903. The molecule has 260 valence electrons. The van der Waals surface area contributed by atoms with Crippen molar-refractivity contribution < 1.29 is 19.7 Å². The first-order valence-electron chi connectivity index (χ1n) is 17.7. The van der Waals surface area contributed by atoms with E-state index in [-0.39, 0.29) is 35.6 Å². The highest BCUT2D eigenvalue weighted by molar-refractivity contribution is 5.68. The fourth-order valence-corrected chi connectivity index (χ4v) is 7.67. The summed E-state index contributed by atoms with van der Waals surface area (Å²) < 4.78 is 5.83. The Morgan fingerprint density at radius 1 is 1.09 bits per heavy atom. The smallest absolute Gasteiger partial charge is 0.410 e. The van der Waals surface area contributed by atoms with Crippen molar-refractivity contribution in [2.24, 2.45) is 39.8 Å². The molecule has 0 spiro atoms. The third-order valence-electron chi connectivity index (χ3n) is 10.1. The van der Waals surface area contributed by atoms with E-state index in [0.717, 1.165) is 32.5 Å². The van der Waals surface area contributed by atoms with Gasteiger partial charge in [0.15, 0.2) is 0 Å². The minimum Gasteiger partial charge on any atom is -0.444 e. The summed E-state index contributed by atoms with van der Waals surface area (Å²) in [4.78, 5) is 24.3. The normalized spacial score (nSPS) is 32.6. The first kappa shape index (κ1) is 36.5. The van der Waals surface area contributed by atoms with Crippen LogP contribution < -0.4 is 16.4 Å². The highest BCUT2D eigenvalue weighted by Crippen LogP contribution is 2.33. The number of ether oxygens (including phenoxy) is 1. The number of aliphatic hydroxyl groups is 2. The maximum atomic E-state index is 13.5. The molecule has 1 amide bonds. The number of carbonyl (C=O) groups is 1. The van der Waals surface area contributed by atoms with Crippen LogP contribution in [0.25, 0.3) is 0 Å². The van der Waals surface area contributed by atoms with Crippen LogP contribution in [-0.2, 0) is 4.74 Å². The largest absolute Gasteiger partial charge is 0.444 e. The molecule has 45 heavy (non-hydrogen) atoms. The van der Waals surface area contributed by atoms with Crippen LogP contribution in [-0.4, -0.2) is 119 Å². The third-order valence-corrected chi connectivity index (χ3v) is 10.1. The number of piperidine rings is 3. The van der Waals surface area contributed by atoms with Gasteiger partial charge < -0.3 is 30.9 Å². The Balaban J connectivity index is 1.53. The summed E-state index contributed by atoms with van der Waals surface area (Å²) in [6.07, 6.45) is 5.87. The highest BCUT2D eigenvalue weighted by Gasteiger charge is 2.44. The fraction of sp³-hybridized carbons (Fsp3) is 0.941. The van der Waals surface area contributed by atoms with E-state index in [1.54, 1.807) is 4.90 Å². The van der Waals surface area contributed by atoms with Gasteiger partial charge in [0.05, 0.1) is 12.1 Å². The summed E-state index contributed by atoms with van der Waals surface area (Å²) in [5.74, 6) is 0.310. The number of amides is 1. The second kappa shape index (κ2) is 15.3. The van der Waals surface area contributed by atoms with E-state index in [0.29, 0.717) is 38.0 Å². The quantitative estimate of drug-likeness (QED) is 0.255. The lowest BCUT2D eigenvalue weighted by Gasteiger charge is -2.49. The first-order valence-corrected chi connectivity index (χ1v) is 17.7. The van der Waals surface area contributed by atoms with Crippen LogP contribution in [0.2, 0.25) is 0 Å². The predicted molar refractivity (Wildman–Crippen MR) is 180 cm³/mol. The lowest BCUT2D eigenvalue weighted by atomic mass is 9.84. The summed E-state index contributed by atoms with van der Waals surface area (Å²) in [7, 11) is 0. The zero-order chi connectivity index (χ0) is 33.1. The van der Waals surface area contributed by atoms with E-state index in [1.165, 1.54) is 19.3 Å². The van der Waals surface area contributed by atoms with Crippen molar-refractivity contribution in [2.75, 3.05) is 39.3 Å². The Kier molecular flexibility index (Phi) is 12.4. The van der Waals surface area contributed by atoms with Crippen molar-refractivity contribution >= 4 is 12.3 Å². The Labute approximate surface area is 272 Å². The van der Waals surface area contributed by atoms with Crippen LogP contribution in [0.15, 0.2) is 4.99 Å². The van der Waals surface area contributed by atoms with Gasteiger partial charge in [0.1, 0.15) is 24.2 Å². The lowest BCUT2D eigenvalue weighted by molar-refractivity contribution is -0.115. The fourth-order valence-electron chi connectivity index (χ4n) is 7.67.